The summed E-state index contributed by atoms with van der Waals surface area (Å²) in [5.41, 5.74) is -0.0947. The van der Waals surface area contributed by atoms with Crippen LogP contribution in [0.2, 0.25) is 0 Å². The highest BCUT2D eigenvalue weighted by Gasteiger charge is 2.30. The van der Waals surface area contributed by atoms with Gasteiger partial charge in [-0.3, -0.25) is 20.2 Å². The molecule has 0 spiro atoms. The maximum absolute atomic E-state index is 10.5. The third-order valence-electron chi connectivity index (χ3n) is 1.76. The Hall–Kier alpha value is -1.83. The topological polar surface area (TPSA) is 95.5 Å². The molecule has 1 aromatic carbocycles. The first-order valence-electron chi connectivity index (χ1n) is 3.97. The second kappa shape index (κ2) is 4.79. The number of ether oxygens (including phenoxy) is 1. The van der Waals surface area contributed by atoms with Crippen molar-refractivity contribution in [1.82, 2.24) is 0 Å². The Bertz CT molecular complexity index is 422. The molecule has 16 heavy (non-hydrogen) atoms. The van der Waals surface area contributed by atoms with Gasteiger partial charge in [-0.15, -0.1) is 12.1 Å². The van der Waals surface area contributed by atoms with Crippen LogP contribution in [0.1, 0.15) is 5.56 Å². The fourth-order valence-electron chi connectivity index (χ4n) is 1.08. The van der Waals surface area contributed by atoms with E-state index in [1.807, 2.05) is 0 Å². The lowest BCUT2D eigenvalue weighted by Crippen LogP contribution is -2.20. The third-order valence-corrected chi connectivity index (χ3v) is 2.38. The van der Waals surface area contributed by atoms with E-state index in [0.717, 1.165) is 0 Å². The summed E-state index contributed by atoms with van der Waals surface area (Å²) in [5.74, 6) is 0.440. The number of nitrogens with zero attached hydrogens (tertiary/aromatic N) is 2. The van der Waals surface area contributed by atoms with Crippen LogP contribution in [-0.2, 0) is 0 Å². The van der Waals surface area contributed by atoms with Crippen molar-refractivity contribution in [1.29, 1.82) is 0 Å². The average molecular weight is 290 g/mol. The van der Waals surface area contributed by atoms with Crippen LogP contribution in [0.5, 0.6) is 5.75 Å². The number of halogens is 1. The average Bonchev–Trinajstić information content (AvgIpc) is 2.16. The van der Waals surface area contributed by atoms with Crippen LogP contribution in [0.4, 0.5) is 0 Å². The Morgan fingerprint density at radius 3 is 2.25 bits per heavy atom. The van der Waals surface area contributed by atoms with E-state index in [4.69, 9.17) is 4.74 Å². The van der Waals surface area contributed by atoms with Crippen molar-refractivity contribution in [3.63, 3.8) is 0 Å². The predicted octanol–water partition coefficient (Wildman–Crippen LogP) is 1.85. The highest BCUT2D eigenvalue weighted by Crippen LogP contribution is 2.28. The van der Waals surface area contributed by atoms with Crippen molar-refractivity contribution >= 4 is 15.9 Å². The quantitative estimate of drug-likeness (QED) is 0.479. The molecule has 0 atom stereocenters. The van der Waals surface area contributed by atoms with E-state index in [-0.39, 0.29) is 5.56 Å². The van der Waals surface area contributed by atoms with E-state index >= 15 is 0 Å². The summed E-state index contributed by atoms with van der Waals surface area (Å²) in [4.78, 5) is 18.9. The largest absolute Gasteiger partial charge is 0.498 e. The molecule has 1 aromatic rings. The van der Waals surface area contributed by atoms with Gasteiger partial charge in [0.15, 0.2) is 0 Å². The van der Waals surface area contributed by atoms with E-state index in [0.29, 0.717) is 10.2 Å². The lowest BCUT2D eigenvalue weighted by Gasteiger charge is -2.11. The maximum Gasteiger partial charge on any atom is 0.459 e. The molecule has 0 saturated carbocycles. The lowest BCUT2D eigenvalue weighted by molar-refractivity contribution is -0.660. The fourth-order valence-corrected chi connectivity index (χ4v) is 1.62. The standard InChI is InChI=1S/C8H6BrN2O5/c1-16-7-3-2-5(4-6(7)9)8(10(12)13)11(14)15/h2-4H,1H3/q-1. The van der Waals surface area contributed by atoms with Crippen molar-refractivity contribution in [3.05, 3.63) is 54.6 Å². The van der Waals surface area contributed by atoms with Crippen LogP contribution in [0, 0.1) is 26.4 Å². The lowest BCUT2D eigenvalue weighted by atomic mass is 10.2. The Morgan fingerprint density at radius 2 is 1.88 bits per heavy atom. The van der Waals surface area contributed by atoms with E-state index < -0.39 is 16.0 Å². The van der Waals surface area contributed by atoms with Crippen molar-refractivity contribution in [3.8, 4) is 5.75 Å². The van der Waals surface area contributed by atoms with Gasteiger partial charge in [0.1, 0.15) is 5.75 Å². The predicted molar refractivity (Wildman–Crippen MR) is 57.0 cm³/mol. The zero-order valence-corrected chi connectivity index (χ0v) is 9.63. The monoisotopic (exact) mass is 289 g/mol. The van der Waals surface area contributed by atoms with Gasteiger partial charge in [-0.1, -0.05) is 22.0 Å². The molecule has 0 N–H and O–H groups in total. The van der Waals surface area contributed by atoms with E-state index in [9.17, 15) is 20.2 Å². The summed E-state index contributed by atoms with van der Waals surface area (Å²) >= 11 is 3.09. The smallest absolute Gasteiger partial charge is 0.459 e. The van der Waals surface area contributed by atoms with Crippen molar-refractivity contribution < 1.29 is 14.6 Å². The molecule has 0 radical (unpaired) electrons. The van der Waals surface area contributed by atoms with Crippen LogP contribution in [0.25, 0.3) is 0 Å². The highest BCUT2D eigenvalue weighted by molar-refractivity contribution is 9.10. The summed E-state index contributed by atoms with van der Waals surface area (Å²) in [5, 5.41) is 21.0. The number of nitro groups is 2. The zero-order valence-electron chi connectivity index (χ0n) is 8.05. The molecule has 8 heteroatoms. The first-order chi connectivity index (χ1) is 7.47. The number of rotatable bonds is 4. The van der Waals surface area contributed by atoms with Crippen molar-refractivity contribution in [2.75, 3.05) is 7.11 Å². The van der Waals surface area contributed by atoms with Gasteiger partial charge in [-0.05, 0) is 5.56 Å². The zero-order chi connectivity index (χ0) is 12.3. The number of hydrogen-bond donors (Lipinski definition) is 0. The fraction of sp³-hybridized carbons (Fsp3) is 0.125. The summed E-state index contributed by atoms with van der Waals surface area (Å²) in [6.07, 6.45) is -1.07. The van der Waals surface area contributed by atoms with Gasteiger partial charge in [-0.2, -0.15) is 0 Å². The van der Waals surface area contributed by atoms with Gasteiger partial charge >= 0.3 is 6.17 Å². The summed E-state index contributed by atoms with van der Waals surface area (Å²) < 4.78 is 5.32. The van der Waals surface area contributed by atoms with Gasteiger partial charge < -0.3 is 4.74 Å². The summed E-state index contributed by atoms with van der Waals surface area (Å²) in [6, 6.07) is 3.93. The van der Waals surface area contributed by atoms with Crippen LogP contribution >= 0.6 is 15.9 Å². The number of hydrogen-bond acceptors (Lipinski definition) is 5. The molecule has 7 nitrogen and oxygen atoms in total. The Labute approximate surface area is 98.4 Å². The molecule has 0 saturated heterocycles. The van der Waals surface area contributed by atoms with Gasteiger partial charge in [0.2, 0.25) is 0 Å². The highest BCUT2D eigenvalue weighted by atomic mass is 79.9. The summed E-state index contributed by atoms with van der Waals surface area (Å²) in [6.45, 7) is 0. The SMILES string of the molecule is COc1ccc([C-]([N+](=O)[O-])[N+](=O)[O-])cc1Br. The molecule has 0 amide bonds. The first-order valence-corrected chi connectivity index (χ1v) is 4.76. The molecule has 0 aliphatic heterocycles. The van der Waals surface area contributed by atoms with Gasteiger partial charge in [-0.25, -0.2) is 0 Å². The number of benzene rings is 1. The van der Waals surface area contributed by atoms with E-state index in [2.05, 4.69) is 15.9 Å². The van der Waals surface area contributed by atoms with Crippen molar-refractivity contribution in [2.45, 2.75) is 0 Å². The third kappa shape index (κ3) is 2.40. The molecule has 1 rings (SSSR count). The molecule has 0 bridgehead atoms. The molecule has 0 unspecified atom stereocenters. The van der Waals surface area contributed by atoms with Gasteiger partial charge in [0.25, 0.3) is 0 Å². The minimum atomic E-state index is -1.07. The minimum Gasteiger partial charge on any atom is -0.498 e. The maximum atomic E-state index is 10.5. The minimum absolute atomic E-state index is 0.0947. The van der Waals surface area contributed by atoms with E-state index in [1.165, 1.54) is 25.3 Å². The summed E-state index contributed by atoms with van der Waals surface area (Å²) in [7, 11) is 1.42. The first kappa shape index (κ1) is 12.2. The Balaban J connectivity index is 3.17. The van der Waals surface area contributed by atoms with Crippen LogP contribution in [-0.4, -0.2) is 17.0 Å². The molecule has 0 aliphatic carbocycles. The Kier molecular flexibility index (Phi) is 3.67. The molecular weight excluding hydrogens is 284 g/mol. The van der Waals surface area contributed by atoms with Crippen LogP contribution < -0.4 is 4.74 Å². The normalized spacial score (nSPS) is 9.62. The molecule has 86 valence electrons. The van der Waals surface area contributed by atoms with Gasteiger partial charge in [0, 0.05) is 4.47 Å². The second-order valence-electron chi connectivity index (χ2n) is 2.69. The molecular formula is C8H6BrN2O5-. The second-order valence-corrected chi connectivity index (χ2v) is 3.54. The Morgan fingerprint density at radius 1 is 1.31 bits per heavy atom. The molecule has 0 aromatic heterocycles. The molecule has 0 fully saturated rings. The van der Waals surface area contributed by atoms with Crippen LogP contribution in [0.15, 0.2) is 22.7 Å². The van der Waals surface area contributed by atoms with Gasteiger partial charge in [0.05, 0.1) is 17.0 Å². The van der Waals surface area contributed by atoms with Crippen molar-refractivity contribution in [2.24, 2.45) is 0 Å². The molecule has 0 heterocycles. The number of methoxy groups -OCH3 is 1. The van der Waals surface area contributed by atoms with E-state index in [1.54, 1.807) is 0 Å². The van der Waals surface area contributed by atoms with Crippen LogP contribution in [0.3, 0.4) is 0 Å². The molecule has 0 aliphatic rings.